The molecule has 10 heteroatoms. The summed E-state index contributed by atoms with van der Waals surface area (Å²) in [6.07, 6.45) is 4.02. The van der Waals surface area contributed by atoms with E-state index >= 15 is 0 Å². The van der Waals surface area contributed by atoms with Gasteiger partial charge in [-0.2, -0.15) is 0 Å². The first kappa shape index (κ1) is 23.5. The van der Waals surface area contributed by atoms with Crippen molar-refractivity contribution in [3.05, 3.63) is 4.60 Å². The van der Waals surface area contributed by atoms with Crippen molar-refractivity contribution < 1.29 is 18.9 Å². The second kappa shape index (κ2) is 10.1. The van der Waals surface area contributed by atoms with E-state index in [-0.39, 0.29) is 24.4 Å². The first-order valence-electron chi connectivity index (χ1n) is 11.1. The van der Waals surface area contributed by atoms with E-state index in [1.54, 1.807) is 11.8 Å². The Morgan fingerprint density at radius 1 is 1.23 bits per heavy atom. The number of nitrogens with zero attached hydrogens (tertiary/aromatic N) is 2. The minimum Gasteiger partial charge on any atom is -0.394 e. The molecule has 8 nitrogen and oxygen atoms in total. The van der Waals surface area contributed by atoms with Crippen LogP contribution in [0.4, 0.5) is 11.5 Å². The molecule has 31 heavy (non-hydrogen) atoms. The van der Waals surface area contributed by atoms with Gasteiger partial charge in [0, 0.05) is 12.4 Å². The van der Waals surface area contributed by atoms with E-state index in [0.717, 1.165) is 31.1 Å². The summed E-state index contributed by atoms with van der Waals surface area (Å²) < 4.78 is 24.9. The van der Waals surface area contributed by atoms with Gasteiger partial charge in [-0.25, -0.2) is 9.97 Å². The zero-order valence-corrected chi connectivity index (χ0v) is 20.8. The average molecular weight is 517 g/mol. The number of nitrogens with two attached hydrogens (primary N) is 1. The van der Waals surface area contributed by atoms with Crippen molar-refractivity contribution in [3.8, 4) is 0 Å². The summed E-state index contributed by atoms with van der Waals surface area (Å²) in [4.78, 5) is 9.08. The second-order valence-corrected chi connectivity index (χ2v) is 10.7. The molecule has 3 fully saturated rings. The molecule has 1 saturated heterocycles. The lowest BCUT2D eigenvalue weighted by atomic mass is 10.2. The normalized spacial score (nSPS) is 29.3. The van der Waals surface area contributed by atoms with Crippen LogP contribution in [0.15, 0.2) is 9.76 Å². The smallest absolute Gasteiger partial charge is 0.190 e. The third-order valence-corrected chi connectivity index (χ3v) is 7.32. The highest BCUT2D eigenvalue weighted by atomic mass is 79.9. The van der Waals surface area contributed by atoms with Crippen LogP contribution in [0.1, 0.15) is 46.5 Å². The fraction of sp³-hybridized carbons (Fsp3) is 0.810. The van der Waals surface area contributed by atoms with Crippen molar-refractivity contribution in [2.45, 2.75) is 81.8 Å². The van der Waals surface area contributed by atoms with Crippen LogP contribution in [0.25, 0.3) is 0 Å². The van der Waals surface area contributed by atoms with Crippen LogP contribution in [0.3, 0.4) is 0 Å². The summed E-state index contributed by atoms with van der Waals surface area (Å²) in [5.74, 6) is 1.67. The summed E-state index contributed by atoms with van der Waals surface area (Å²) in [5.41, 5.74) is 6.76. The van der Waals surface area contributed by atoms with E-state index in [2.05, 4.69) is 38.1 Å². The highest BCUT2D eigenvalue weighted by molar-refractivity contribution is 9.10. The molecule has 0 spiro atoms. The van der Waals surface area contributed by atoms with Crippen LogP contribution in [0.2, 0.25) is 0 Å². The second-order valence-electron chi connectivity index (χ2n) is 8.89. The Morgan fingerprint density at radius 2 is 2.00 bits per heavy atom. The maximum absolute atomic E-state index is 6.26. The van der Waals surface area contributed by atoms with Gasteiger partial charge in [0.15, 0.2) is 16.8 Å². The van der Waals surface area contributed by atoms with Gasteiger partial charge in [-0.15, -0.1) is 0 Å². The lowest BCUT2D eigenvalue weighted by Gasteiger charge is -2.25. The van der Waals surface area contributed by atoms with Crippen molar-refractivity contribution in [2.24, 2.45) is 5.92 Å². The molecular weight excluding hydrogens is 484 g/mol. The van der Waals surface area contributed by atoms with Crippen LogP contribution >= 0.6 is 27.7 Å². The Labute approximate surface area is 196 Å². The fourth-order valence-corrected chi connectivity index (χ4v) is 5.17. The zero-order valence-electron chi connectivity index (χ0n) is 18.4. The molecule has 3 aliphatic rings. The van der Waals surface area contributed by atoms with Gasteiger partial charge in [-0.3, -0.25) is 0 Å². The molecule has 2 saturated carbocycles. The van der Waals surface area contributed by atoms with Crippen LogP contribution in [0.5, 0.6) is 0 Å². The number of nitrogen functional groups attached to an aromatic ring is 1. The van der Waals surface area contributed by atoms with Crippen LogP contribution in [0, 0.1) is 5.92 Å². The zero-order chi connectivity index (χ0) is 22.0. The van der Waals surface area contributed by atoms with Crippen molar-refractivity contribution in [2.75, 3.05) is 36.6 Å². The first-order chi connectivity index (χ1) is 14.9. The number of halogens is 1. The van der Waals surface area contributed by atoms with Gasteiger partial charge >= 0.3 is 0 Å². The molecule has 0 radical (unpaired) electrons. The SMILES string of the molecule is CCCSc1nc(Br)c(N)c(N[C@@H]2C[C@H](OCCOCC3CC3)[C@H]3OC(C)(C)O[C@H]32)n1. The maximum Gasteiger partial charge on any atom is 0.190 e. The molecule has 2 aliphatic carbocycles. The number of fused-ring (bicyclic) bond motifs is 1. The molecular formula is C21H33BrN4O4S. The minimum absolute atomic E-state index is 0.0303. The molecule has 0 bridgehead atoms. The molecule has 1 aromatic rings. The van der Waals surface area contributed by atoms with Gasteiger partial charge in [-0.05, 0) is 61.4 Å². The van der Waals surface area contributed by atoms with Gasteiger partial charge in [0.1, 0.15) is 22.5 Å². The highest BCUT2D eigenvalue weighted by Crippen LogP contribution is 2.41. The molecule has 174 valence electrons. The van der Waals surface area contributed by atoms with E-state index in [0.29, 0.717) is 34.5 Å². The third kappa shape index (κ3) is 6.03. The number of rotatable bonds is 11. The Kier molecular flexibility index (Phi) is 7.65. The lowest BCUT2D eigenvalue weighted by Crippen LogP contribution is -2.35. The predicted molar refractivity (Wildman–Crippen MR) is 124 cm³/mol. The van der Waals surface area contributed by atoms with Gasteiger partial charge in [0.05, 0.1) is 25.4 Å². The summed E-state index contributed by atoms with van der Waals surface area (Å²) in [6, 6.07) is -0.0303. The Hall–Kier alpha value is -0.650. The molecule has 1 aliphatic heterocycles. The van der Waals surface area contributed by atoms with Crippen molar-refractivity contribution in [3.63, 3.8) is 0 Å². The predicted octanol–water partition coefficient (Wildman–Crippen LogP) is 3.84. The quantitative estimate of drug-likeness (QED) is 0.196. The van der Waals surface area contributed by atoms with E-state index < -0.39 is 5.79 Å². The summed E-state index contributed by atoms with van der Waals surface area (Å²) in [7, 11) is 0. The molecule has 2 heterocycles. The van der Waals surface area contributed by atoms with Crippen molar-refractivity contribution >= 4 is 39.2 Å². The number of thioether (sulfide) groups is 1. The number of nitrogens with one attached hydrogen (secondary N) is 1. The summed E-state index contributed by atoms with van der Waals surface area (Å²) in [5, 5.41) is 4.19. The van der Waals surface area contributed by atoms with Gasteiger partial charge in [-0.1, -0.05) is 18.7 Å². The van der Waals surface area contributed by atoms with E-state index in [4.69, 9.17) is 24.7 Å². The number of hydrogen-bond acceptors (Lipinski definition) is 9. The number of anilines is 2. The number of hydrogen-bond donors (Lipinski definition) is 2. The van der Waals surface area contributed by atoms with Gasteiger partial charge in [0.25, 0.3) is 0 Å². The van der Waals surface area contributed by atoms with E-state index in [1.807, 2.05) is 13.8 Å². The van der Waals surface area contributed by atoms with E-state index in [9.17, 15) is 0 Å². The molecule has 3 N–H and O–H groups in total. The molecule has 4 atom stereocenters. The molecule has 0 aromatic carbocycles. The molecule has 1 aromatic heterocycles. The topological polar surface area (TPSA) is 101 Å². The third-order valence-electron chi connectivity index (χ3n) is 5.66. The summed E-state index contributed by atoms with van der Waals surface area (Å²) in [6.45, 7) is 8.01. The molecule has 0 unspecified atom stereocenters. The Balaban J connectivity index is 1.40. The minimum atomic E-state index is -0.653. The number of aromatic nitrogens is 2. The molecule has 4 rings (SSSR count). The van der Waals surface area contributed by atoms with Gasteiger partial charge in [0.2, 0.25) is 0 Å². The monoisotopic (exact) mass is 516 g/mol. The van der Waals surface area contributed by atoms with Crippen LogP contribution in [-0.2, 0) is 18.9 Å². The highest BCUT2D eigenvalue weighted by Gasteiger charge is 2.54. The van der Waals surface area contributed by atoms with Crippen molar-refractivity contribution in [1.82, 2.24) is 9.97 Å². The Bertz CT molecular complexity index is 767. The average Bonchev–Trinajstić information content (AvgIpc) is 3.42. The van der Waals surface area contributed by atoms with Crippen LogP contribution < -0.4 is 11.1 Å². The van der Waals surface area contributed by atoms with E-state index in [1.165, 1.54) is 12.8 Å². The first-order valence-corrected chi connectivity index (χ1v) is 12.9. The van der Waals surface area contributed by atoms with Crippen molar-refractivity contribution in [1.29, 1.82) is 0 Å². The fourth-order valence-electron chi connectivity index (χ4n) is 4.00. The molecule has 0 amide bonds. The van der Waals surface area contributed by atoms with Crippen LogP contribution in [-0.4, -0.2) is 65.7 Å². The lowest BCUT2D eigenvalue weighted by molar-refractivity contribution is -0.168. The van der Waals surface area contributed by atoms with Gasteiger partial charge < -0.3 is 30.0 Å². The standard InChI is InChI=1S/C21H33BrN4O4S/c1-4-9-31-20-25-18(22)15(23)19(26-20)24-13-10-14(17-16(13)29-21(2,3)30-17)28-8-7-27-11-12-5-6-12/h12-14,16-17H,4-11,23H2,1-3H3,(H,24,25,26)/t13-,14+,16+,17-/m1/s1. The summed E-state index contributed by atoms with van der Waals surface area (Å²) >= 11 is 5.08. The Morgan fingerprint density at radius 3 is 2.74 bits per heavy atom. The number of ether oxygens (including phenoxy) is 4. The largest absolute Gasteiger partial charge is 0.394 e. The maximum atomic E-state index is 6.26.